The van der Waals surface area contributed by atoms with Gasteiger partial charge >= 0.3 is 0 Å². The maximum atomic E-state index is 13.8. The molecular weight excluding hydrogens is 614 g/mol. The summed E-state index contributed by atoms with van der Waals surface area (Å²) in [6.45, 7) is 2.52. The van der Waals surface area contributed by atoms with Gasteiger partial charge in [0.05, 0.1) is 42.6 Å². The Kier molecular flexibility index (Phi) is 13.4. The number of rotatable bonds is 16. The number of anilines is 1. The van der Waals surface area contributed by atoms with Gasteiger partial charge in [-0.05, 0) is 60.4 Å². The second kappa shape index (κ2) is 17.9. The largest absolute Gasteiger partial charge is 0.390 e. The maximum Gasteiger partial charge on any atom is 0.251 e. The van der Waals surface area contributed by atoms with Gasteiger partial charge in [-0.3, -0.25) is 13.9 Å². The first-order chi connectivity index (χ1) is 22.8. The highest BCUT2D eigenvalue weighted by molar-refractivity contribution is 7.95. The second-order valence-electron chi connectivity index (χ2n) is 11.0. The molecule has 10 nitrogen and oxygen atoms in total. The van der Waals surface area contributed by atoms with Gasteiger partial charge in [-0.1, -0.05) is 72.8 Å². The van der Waals surface area contributed by atoms with Gasteiger partial charge in [-0.2, -0.15) is 5.26 Å². The van der Waals surface area contributed by atoms with E-state index in [1.807, 2.05) is 79.7 Å². The van der Waals surface area contributed by atoms with Crippen LogP contribution in [-0.4, -0.2) is 49.8 Å². The van der Waals surface area contributed by atoms with Crippen LogP contribution < -0.4 is 20.3 Å². The second-order valence-corrected chi connectivity index (χ2v) is 11.8. The zero-order chi connectivity index (χ0) is 33.6. The highest BCUT2D eigenvalue weighted by Crippen LogP contribution is 2.25. The number of aliphatic hydroxyl groups is 1. The molecule has 0 radical (unpaired) electrons. The highest BCUT2D eigenvalue weighted by atomic mass is 32.2. The van der Waals surface area contributed by atoms with Gasteiger partial charge in [0.15, 0.2) is 12.2 Å². The van der Waals surface area contributed by atoms with Gasteiger partial charge in [0, 0.05) is 31.3 Å². The highest BCUT2D eigenvalue weighted by Gasteiger charge is 2.24. The molecule has 0 aliphatic heterocycles. The van der Waals surface area contributed by atoms with Crippen LogP contribution in [-0.2, 0) is 22.2 Å². The number of carbonyl (C=O) groups is 2. The molecule has 0 fully saturated rings. The number of amides is 2. The smallest absolute Gasteiger partial charge is 0.251 e. The molecule has 244 valence electrons. The minimum Gasteiger partial charge on any atom is -0.390 e. The SMILES string of the molecule is COOSN(C)c1cc(C(=O)N[C@@H](Cc2ccccc2)[C@H](O)CNCc2cccc(C#N)c2)cc(C(=O)N[C@H](C)c2ccccc2)c1. The van der Waals surface area contributed by atoms with E-state index in [-0.39, 0.29) is 29.6 Å². The van der Waals surface area contributed by atoms with Crippen molar-refractivity contribution in [3.05, 3.63) is 137 Å². The summed E-state index contributed by atoms with van der Waals surface area (Å²) in [5.41, 5.74) is 4.39. The van der Waals surface area contributed by atoms with E-state index in [2.05, 4.69) is 22.0 Å². The van der Waals surface area contributed by atoms with Crippen molar-refractivity contribution < 1.29 is 23.9 Å². The number of aliphatic hydroxyl groups excluding tert-OH is 1. The molecule has 11 heteroatoms. The minimum atomic E-state index is -0.954. The van der Waals surface area contributed by atoms with Crippen molar-refractivity contribution in [1.29, 1.82) is 5.26 Å². The Hall–Kier alpha value is -4.70. The molecule has 0 aliphatic rings. The first kappa shape index (κ1) is 35.2. The maximum absolute atomic E-state index is 13.8. The van der Waals surface area contributed by atoms with E-state index in [0.717, 1.165) is 28.9 Å². The summed E-state index contributed by atoms with van der Waals surface area (Å²) in [6, 6.07) is 32.5. The Morgan fingerprint density at radius 3 is 2.19 bits per heavy atom. The van der Waals surface area contributed by atoms with Crippen LogP contribution in [0.4, 0.5) is 5.69 Å². The van der Waals surface area contributed by atoms with Crippen LogP contribution in [0.1, 0.15) is 55.9 Å². The standard InChI is InChI=1S/C36H39N5O5S/c1-25(29-15-8-5-9-16-29)39-35(43)30-19-31(21-32(20-30)41(2)47-46-45-3)36(44)40-33(18-26-11-6-4-7-12-26)34(42)24-38-23-28-14-10-13-27(17-28)22-37/h4-17,19-21,25,33-34,38,42H,18,23-24H2,1-3H3,(H,39,43)(H,40,44)/t25-,33+,34-/m1/s1. The Balaban J connectivity index is 1.55. The van der Waals surface area contributed by atoms with E-state index in [0.29, 0.717) is 24.2 Å². The molecular formula is C36H39N5O5S. The van der Waals surface area contributed by atoms with Gasteiger partial charge < -0.3 is 21.1 Å². The number of nitrogens with zero attached hydrogens (tertiary/aromatic N) is 2. The van der Waals surface area contributed by atoms with Gasteiger partial charge in [-0.25, -0.2) is 4.89 Å². The van der Waals surface area contributed by atoms with Crippen LogP contribution in [0.25, 0.3) is 0 Å². The molecule has 47 heavy (non-hydrogen) atoms. The van der Waals surface area contributed by atoms with Crippen LogP contribution in [0.5, 0.6) is 0 Å². The Morgan fingerprint density at radius 1 is 0.894 bits per heavy atom. The molecule has 4 aromatic carbocycles. The number of carbonyl (C=O) groups excluding carboxylic acids is 2. The van der Waals surface area contributed by atoms with E-state index in [9.17, 15) is 20.0 Å². The number of nitrogens with one attached hydrogen (secondary N) is 3. The molecule has 4 rings (SSSR count). The third kappa shape index (κ3) is 10.7. The molecule has 0 aromatic heterocycles. The van der Waals surface area contributed by atoms with Crippen LogP contribution >= 0.6 is 12.2 Å². The summed E-state index contributed by atoms with van der Waals surface area (Å²) in [7, 11) is 3.10. The average Bonchev–Trinajstić information content (AvgIpc) is 3.10. The van der Waals surface area contributed by atoms with E-state index in [4.69, 9.17) is 9.22 Å². The fourth-order valence-corrected chi connectivity index (χ4v) is 5.28. The van der Waals surface area contributed by atoms with Crippen molar-refractivity contribution in [3.8, 4) is 6.07 Å². The molecule has 0 saturated heterocycles. The van der Waals surface area contributed by atoms with Gasteiger partial charge in [0.1, 0.15) is 0 Å². The number of hydrogen-bond acceptors (Lipinski definition) is 9. The summed E-state index contributed by atoms with van der Waals surface area (Å²) in [6.07, 6.45) is -0.581. The molecule has 2 amide bonds. The van der Waals surface area contributed by atoms with Crippen molar-refractivity contribution in [2.75, 3.05) is 25.0 Å². The summed E-state index contributed by atoms with van der Waals surface area (Å²) in [5, 5.41) is 29.7. The lowest BCUT2D eigenvalue weighted by Crippen LogP contribution is -2.48. The lowest BCUT2D eigenvalue weighted by atomic mass is 9.99. The molecule has 3 atom stereocenters. The first-order valence-corrected chi connectivity index (χ1v) is 15.8. The zero-order valence-corrected chi connectivity index (χ0v) is 27.4. The van der Waals surface area contributed by atoms with Gasteiger partial charge in [0.2, 0.25) is 0 Å². The average molecular weight is 654 g/mol. The van der Waals surface area contributed by atoms with Crippen LogP contribution in [0.2, 0.25) is 0 Å². The fourth-order valence-electron chi connectivity index (χ4n) is 4.94. The quantitative estimate of drug-likeness (QED) is 0.0563. The van der Waals surface area contributed by atoms with E-state index in [1.54, 1.807) is 35.6 Å². The zero-order valence-electron chi connectivity index (χ0n) is 26.6. The topological polar surface area (TPSA) is 136 Å². The number of nitriles is 1. The summed E-state index contributed by atoms with van der Waals surface area (Å²) in [4.78, 5) is 32.0. The van der Waals surface area contributed by atoms with E-state index in [1.165, 1.54) is 13.2 Å². The third-order valence-corrected chi connectivity index (χ3v) is 8.11. The van der Waals surface area contributed by atoms with Crippen LogP contribution in [0.3, 0.4) is 0 Å². The van der Waals surface area contributed by atoms with Gasteiger partial charge in [-0.15, -0.1) is 4.33 Å². The van der Waals surface area contributed by atoms with E-state index >= 15 is 0 Å². The predicted octanol–water partition coefficient (Wildman–Crippen LogP) is 5.12. The van der Waals surface area contributed by atoms with Crippen molar-refractivity contribution in [1.82, 2.24) is 16.0 Å². The first-order valence-electron chi connectivity index (χ1n) is 15.1. The van der Waals surface area contributed by atoms with Crippen molar-refractivity contribution >= 4 is 29.7 Å². The fraction of sp³-hybridized carbons (Fsp3) is 0.250. The third-order valence-electron chi connectivity index (χ3n) is 7.48. The monoisotopic (exact) mass is 653 g/mol. The molecule has 0 saturated carbocycles. The Morgan fingerprint density at radius 2 is 1.53 bits per heavy atom. The summed E-state index contributed by atoms with van der Waals surface area (Å²) < 4.78 is 6.63. The van der Waals surface area contributed by atoms with E-state index < -0.39 is 18.1 Å². The molecule has 0 aliphatic carbocycles. The summed E-state index contributed by atoms with van der Waals surface area (Å²) in [5.74, 6) is -0.807. The summed E-state index contributed by atoms with van der Waals surface area (Å²) >= 11 is 0.893. The van der Waals surface area contributed by atoms with Crippen molar-refractivity contribution in [2.24, 2.45) is 0 Å². The lowest BCUT2D eigenvalue weighted by molar-refractivity contribution is -0.160. The molecule has 0 bridgehead atoms. The predicted molar refractivity (Wildman–Crippen MR) is 183 cm³/mol. The molecule has 4 N–H and O–H groups in total. The van der Waals surface area contributed by atoms with Gasteiger partial charge in [0.25, 0.3) is 11.8 Å². The molecule has 0 heterocycles. The normalized spacial score (nSPS) is 12.7. The Labute approximate surface area is 280 Å². The number of benzene rings is 4. The van der Waals surface area contributed by atoms with Crippen LogP contribution in [0.15, 0.2) is 103 Å². The minimum absolute atomic E-state index is 0.188. The molecule has 0 spiro atoms. The number of hydrogen-bond donors (Lipinski definition) is 4. The van der Waals surface area contributed by atoms with Crippen molar-refractivity contribution in [3.63, 3.8) is 0 Å². The molecule has 0 unspecified atom stereocenters. The van der Waals surface area contributed by atoms with Crippen molar-refractivity contribution in [2.45, 2.75) is 38.1 Å². The lowest BCUT2D eigenvalue weighted by Gasteiger charge is -2.25. The molecule has 4 aromatic rings. The Bertz CT molecular complexity index is 1650. The van der Waals surface area contributed by atoms with Crippen LogP contribution in [0, 0.1) is 11.3 Å².